The van der Waals surface area contributed by atoms with E-state index in [0.29, 0.717) is 33.4 Å². The van der Waals surface area contributed by atoms with Crippen molar-refractivity contribution < 1.29 is 19.0 Å². The van der Waals surface area contributed by atoms with Crippen molar-refractivity contribution in [2.75, 3.05) is 0 Å². The van der Waals surface area contributed by atoms with Gasteiger partial charge in [0.25, 0.3) is 0 Å². The second-order valence-electron chi connectivity index (χ2n) is 9.83. The van der Waals surface area contributed by atoms with Gasteiger partial charge in [-0.25, -0.2) is 8.78 Å². The van der Waals surface area contributed by atoms with Crippen LogP contribution in [-0.2, 0) is 10.8 Å². The van der Waals surface area contributed by atoms with Gasteiger partial charge in [0.1, 0.15) is 23.1 Å². The van der Waals surface area contributed by atoms with E-state index in [4.69, 9.17) is 0 Å². The summed E-state index contributed by atoms with van der Waals surface area (Å²) < 4.78 is 30.1. The van der Waals surface area contributed by atoms with Crippen LogP contribution in [0.2, 0.25) is 0 Å². The van der Waals surface area contributed by atoms with Gasteiger partial charge in [-0.15, -0.1) is 0 Å². The second-order valence-corrected chi connectivity index (χ2v) is 9.83. The summed E-state index contributed by atoms with van der Waals surface area (Å²) in [6, 6.07) is 0. The lowest BCUT2D eigenvalue weighted by molar-refractivity contribution is 0.445. The Kier molecular flexibility index (Phi) is 5.35. The molecule has 0 radical (unpaired) electrons. The summed E-state index contributed by atoms with van der Waals surface area (Å²) in [5, 5.41) is 21.7. The molecule has 2 nitrogen and oxygen atoms in total. The van der Waals surface area contributed by atoms with E-state index in [2.05, 4.69) is 0 Å². The molecule has 0 bridgehead atoms. The fraction of sp³-hybridized carbons (Fsp3) is 0.500. The molecule has 0 amide bonds. The van der Waals surface area contributed by atoms with Gasteiger partial charge in [-0.1, -0.05) is 41.5 Å². The van der Waals surface area contributed by atoms with Gasteiger partial charge in [-0.2, -0.15) is 0 Å². The van der Waals surface area contributed by atoms with Crippen LogP contribution in [0, 0.1) is 39.3 Å². The zero-order valence-corrected chi connectivity index (χ0v) is 18.7. The molecule has 0 aromatic heterocycles. The zero-order chi connectivity index (χ0) is 21.9. The van der Waals surface area contributed by atoms with Crippen LogP contribution in [0.25, 0.3) is 11.1 Å². The Balaban J connectivity index is 3.15. The summed E-state index contributed by atoms with van der Waals surface area (Å²) in [6.07, 6.45) is 0. The van der Waals surface area contributed by atoms with Crippen molar-refractivity contribution in [2.24, 2.45) is 0 Å². The Hall–Kier alpha value is -2.10. The lowest BCUT2D eigenvalue weighted by Gasteiger charge is -2.30. The van der Waals surface area contributed by atoms with E-state index in [1.54, 1.807) is 13.8 Å². The lowest BCUT2D eigenvalue weighted by Crippen LogP contribution is -2.19. The third kappa shape index (κ3) is 3.27. The van der Waals surface area contributed by atoms with Gasteiger partial charge in [0.2, 0.25) is 0 Å². The highest BCUT2D eigenvalue weighted by Gasteiger charge is 2.33. The molecule has 4 heteroatoms. The maximum absolute atomic E-state index is 15.0. The highest BCUT2D eigenvalue weighted by molar-refractivity contribution is 5.85. The van der Waals surface area contributed by atoms with E-state index in [1.807, 2.05) is 41.5 Å². The Morgan fingerprint density at radius 1 is 0.536 bits per heavy atom. The first kappa shape index (κ1) is 22.2. The highest BCUT2D eigenvalue weighted by Crippen LogP contribution is 2.49. The Morgan fingerprint density at radius 3 is 1.00 bits per heavy atom. The number of phenolic OH excluding ortho intramolecular Hbond substituents is 2. The van der Waals surface area contributed by atoms with Crippen LogP contribution in [0.3, 0.4) is 0 Å². The molecule has 0 aliphatic carbocycles. The van der Waals surface area contributed by atoms with Gasteiger partial charge < -0.3 is 10.2 Å². The zero-order valence-electron chi connectivity index (χ0n) is 18.7. The summed E-state index contributed by atoms with van der Waals surface area (Å²) in [4.78, 5) is 0. The minimum Gasteiger partial charge on any atom is -0.507 e. The fourth-order valence-corrected chi connectivity index (χ4v) is 4.29. The van der Waals surface area contributed by atoms with E-state index in [1.165, 1.54) is 13.8 Å². The normalized spacial score (nSPS) is 12.6. The predicted octanol–water partition coefficient (Wildman–Crippen LogP) is 6.87. The first-order chi connectivity index (χ1) is 12.5. The SMILES string of the molecule is Cc1c(O)c(-c2c(C)c(C(C)(C)C)c(F)c(C)c2O)c(C)c(C(C)(C)C)c1F. The third-order valence-corrected chi connectivity index (χ3v) is 5.53. The first-order valence-corrected chi connectivity index (χ1v) is 9.58. The molecule has 154 valence electrons. The number of rotatable bonds is 1. The van der Waals surface area contributed by atoms with Crippen molar-refractivity contribution in [3.63, 3.8) is 0 Å². The van der Waals surface area contributed by atoms with Gasteiger partial charge >= 0.3 is 0 Å². The lowest BCUT2D eigenvalue weighted by atomic mass is 9.76. The van der Waals surface area contributed by atoms with E-state index < -0.39 is 22.5 Å². The van der Waals surface area contributed by atoms with Crippen LogP contribution < -0.4 is 0 Å². The van der Waals surface area contributed by atoms with Gasteiger partial charge in [0, 0.05) is 22.3 Å². The van der Waals surface area contributed by atoms with Crippen LogP contribution in [0.5, 0.6) is 11.5 Å². The van der Waals surface area contributed by atoms with E-state index in [-0.39, 0.29) is 22.6 Å². The van der Waals surface area contributed by atoms with Gasteiger partial charge in [-0.3, -0.25) is 0 Å². The van der Waals surface area contributed by atoms with Crippen molar-refractivity contribution in [1.82, 2.24) is 0 Å². The van der Waals surface area contributed by atoms with Crippen LogP contribution in [0.15, 0.2) is 0 Å². The maximum Gasteiger partial charge on any atom is 0.133 e. The van der Waals surface area contributed by atoms with Crippen molar-refractivity contribution in [1.29, 1.82) is 0 Å². The average molecular weight is 391 g/mol. The molecule has 0 atom stereocenters. The number of halogens is 2. The topological polar surface area (TPSA) is 40.5 Å². The summed E-state index contributed by atoms with van der Waals surface area (Å²) in [5.74, 6) is -1.32. The van der Waals surface area contributed by atoms with Gasteiger partial charge in [0.15, 0.2) is 0 Å². The van der Waals surface area contributed by atoms with Gasteiger partial charge in [0.05, 0.1) is 0 Å². The van der Waals surface area contributed by atoms with Crippen molar-refractivity contribution in [2.45, 2.75) is 80.1 Å². The van der Waals surface area contributed by atoms with Crippen LogP contribution in [-0.4, -0.2) is 10.2 Å². The smallest absolute Gasteiger partial charge is 0.133 e. The third-order valence-electron chi connectivity index (χ3n) is 5.53. The molecule has 0 saturated heterocycles. The van der Waals surface area contributed by atoms with Crippen LogP contribution in [0.4, 0.5) is 8.78 Å². The quantitative estimate of drug-likeness (QED) is 0.558. The average Bonchev–Trinajstić information content (AvgIpc) is 2.51. The van der Waals surface area contributed by atoms with Gasteiger partial charge in [-0.05, 0) is 60.8 Å². The molecular weight excluding hydrogens is 358 g/mol. The molecule has 0 aliphatic heterocycles. The minimum atomic E-state index is -0.507. The largest absolute Gasteiger partial charge is 0.507 e. The number of hydrogen-bond donors (Lipinski definition) is 2. The van der Waals surface area contributed by atoms with E-state index in [9.17, 15) is 10.2 Å². The molecule has 0 spiro atoms. The van der Waals surface area contributed by atoms with Crippen LogP contribution in [0.1, 0.15) is 74.9 Å². The summed E-state index contributed by atoms with van der Waals surface area (Å²) in [6.45, 7) is 18.0. The monoisotopic (exact) mass is 390 g/mol. The molecule has 2 N–H and O–H groups in total. The molecule has 28 heavy (non-hydrogen) atoms. The summed E-state index contributed by atoms with van der Waals surface area (Å²) >= 11 is 0. The first-order valence-electron chi connectivity index (χ1n) is 9.58. The summed E-state index contributed by atoms with van der Waals surface area (Å²) in [5.41, 5.74) is 2.05. The minimum absolute atomic E-state index is 0.128. The summed E-state index contributed by atoms with van der Waals surface area (Å²) in [7, 11) is 0. The van der Waals surface area contributed by atoms with Crippen molar-refractivity contribution in [3.05, 3.63) is 45.0 Å². The molecule has 0 unspecified atom stereocenters. The number of aromatic hydroxyl groups is 2. The molecule has 0 heterocycles. The van der Waals surface area contributed by atoms with Crippen molar-refractivity contribution >= 4 is 0 Å². The van der Waals surface area contributed by atoms with Crippen LogP contribution >= 0.6 is 0 Å². The molecule has 0 aliphatic rings. The maximum atomic E-state index is 15.0. The molecule has 0 saturated carbocycles. The molecule has 2 rings (SSSR count). The Morgan fingerprint density at radius 2 is 0.786 bits per heavy atom. The predicted molar refractivity (Wildman–Crippen MR) is 111 cm³/mol. The Bertz CT molecular complexity index is 880. The molecule has 2 aromatic carbocycles. The van der Waals surface area contributed by atoms with E-state index >= 15 is 8.78 Å². The van der Waals surface area contributed by atoms with Crippen molar-refractivity contribution in [3.8, 4) is 22.6 Å². The molecule has 0 fully saturated rings. The molecular formula is C24H32F2O2. The highest BCUT2D eigenvalue weighted by atomic mass is 19.1. The number of hydrogen-bond acceptors (Lipinski definition) is 2. The number of benzene rings is 2. The Labute approximate surface area is 167 Å². The standard InChI is InChI=1S/C24H32F2O2/c1-11-15(21(27)13(3)19(25)17(11)23(5,6)7)16-12(2)18(24(8,9)10)20(26)14(4)22(16)28/h27-28H,1-10H3. The second kappa shape index (κ2) is 6.75. The van der Waals surface area contributed by atoms with E-state index in [0.717, 1.165) is 0 Å². The number of phenols is 2. The molecule has 2 aromatic rings. The fourth-order valence-electron chi connectivity index (χ4n) is 4.29.